The molecule has 4 aliphatic carbocycles. The quantitative estimate of drug-likeness (QED) is 0.422. The third-order valence-electron chi connectivity index (χ3n) is 10.4. The van der Waals surface area contributed by atoms with Crippen LogP contribution in [0.2, 0.25) is 0 Å². The molecule has 0 aliphatic heterocycles. The highest BCUT2D eigenvalue weighted by atomic mass is 16.1. The Kier molecular flexibility index (Phi) is 5.97. The van der Waals surface area contributed by atoms with E-state index in [4.69, 9.17) is 0 Å². The minimum atomic E-state index is 0.303. The number of hydrogen-bond donors (Lipinski definition) is 0. The van der Waals surface area contributed by atoms with Gasteiger partial charge in [-0.05, 0) is 111 Å². The second-order valence-electron chi connectivity index (χ2n) is 11.8. The second-order valence-corrected chi connectivity index (χ2v) is 11.8. The van der Waals surface area contributed by atoms with Gasteiger partial charge in [0, 0.05) is 6.42 Å². The summed E-state index contributed by atoms with van der Waals surface area (Å²) in [6, 6.07) is 0. The molecule has 0 bridgehead atoms. The first kappa shape index (κ1) is 22.1. The third-order valence-corrected chi connectivity index (χ3v) is 10.4. The molecular weight excluding hydrogens is 364 g/mol. The molecule has 0 unspecified atom stereocenters. The van der Waals surface area contributed by atoms with Crippen molar-refractivity contribution in [3.05, 3.63) is 36.0 Å². The summed E-state index contributed by atoms with van der Waals surface area (Å²) in [5.74, 6) is 4.96. The Labute approximate surface area is 185 Å². The Morgan fingerprint density at radius 1 is 1.13 bits per heavy atom. The maximum absolute atomic E-state index is 12.1. The molecule has 0 aromatic rings. The number of allylic oxidation sites excluding steroid dienone is 4. The summed E-state index contributed by atoms with van der Waals surface area (Å²) >= 11 is 0. The fraction of sp³-hybridized carbons (Fsp3) is 0.759. The lowest BCUT2D eigenvalue weighted by molar-refractivity contribution is -0.117. The fourth-order valence-corrected chi connectivity index (χ4v) is 8.56. The smallest absolute Gasteiger partial charge is 0.155 e. The van der Waals surface area contributed by atoms with Crippen molar-refractivity contribution in [3.63, 3.8) is 0 Å². The highest BCUT2D eigenvalue weighted by Crippen LogP contribution is 2.67. The Bertz CT molecular complexity index is 756. The molecule has 8 atom stereocenters. The minimum absolute atomic E-state index is 0.303. The second kappa shape index (κ2) is 8.10. The zero-order chi connectivity index (χ0) is 21.7. The number of fused-ring (bicyclic) bond motifs is 5. The lowest BCUT2D eigenvalue weighted by atomic mass is 9.46. The number of carbonyl (C=O) groups excluding carboxylic acids is 1. The van der Waals surface area contributed by atoms with Crippen LogP contribution in [0.25, 0.3) is 0 Å². The van der Waals surface area contributed by atoms with E-state index in [1.807, 2.05) is 6.08 Å². The monoisotopic (exact) mass is 408 g/mol. The minimum Gasteiger partial charge on any atom is -0.295 e. The van der Waals surface area contributed by atoms with Crippen molar-refractivity contribution < 1.29 is 4.79 Å². The van der Waals surface area contributed by atoms with Crippen molar-refractivity contribution in [2.45, 2.75) is 92.4 Å². The predicted octanol–water partition coefficient (Wildman–Crippen LogP) is 7.93. The van der Waals surface area contributed by atoms with E-state index >= 15 is 0 Å². The van der Waals surface area contributed by atoms with Crippen molar-refractivity contribution >= 4 is 5.78 Å². The van der Waals surface area contributed by atoms with E-state index < -0.39 is 0 Å². The Hall–Kier alpha value is -1.11. The standard InChI is InChI=1S/C29H44O/c1-7-21(19(2)3)9-8-20(4)25-12-13-26-24-11-10-22-18-23(30)14-16-28(22,5)27(24)15-17-29(25,26)6/h8-9,18,20-21,24-27H,2,7,10-17H2,1,3-6H3/b9-8+/t20-,21-,24+,25-,26+,27+,28+,29-/m1/s1. The molecule has 0 aromatic carbocycles. The summed E-state index contributed by atoms with van der Waals surface area (Å²) < 4.78 is 0. The molecule has 30 heavy (non-hydrogen) atoms. The molecule has 0 aromatic heterocycles. The molecule has 0 saturated heterocycles. The van der Waals surface area contributed by atoms with Crippen molar-refractivity contribution in [2.24, 2.45) is 46.3 Å². The van der Waals surface area contributed by atoms with Crippen molar-refractivity contribution in [3.8, 4) is 0 Å². The van der Waals surface area contributed by atoms with E-state index in [2.05, 4.69) is 53.3 Å². The van der Waals surface area contributed by atoms with Gasteiger partial charge in [-0.3, -0.25) is 4.79 Å². The number of ketones is 1. The van der Waals surface area contributed by atoms with Crippen LogP contribution in [0.4, 0.5) is 0 Å². The molecule has 3 fully saturated rings. The van der Waals surface area contributed by atoms with Gasteiger partial charge in [0.25, 0.3) is 0 Å². The molecule has 3 saturated carbocycles. The van der Waals surface area contributed by atoms with Gasteiger partial charge in [0.1, 0.15) is 0 Å². The summed E-state index contributed by atoms with van der Waals surface area (Å²) in [5.41, 5.74) is 3.59. The van der Waals surface area contributed by atoms with Crippen molar-refractivity contribution in [1.82, 2.24) is 0 Å². The predicted molar refractivity (Wildman–Crippen MR) is 127 cm³/mol. The van der Waals surface area contributed by atoms with Crippen LogP contribution in [0.5, 0.6) is 0 Å². The summed E-state index contributed by atoms with van der Waals surface area (Å²) in [4.78, 5) is 12.1. The number of carbonyl (C=O) groups is 1. The maximum Gasteiger partial charge on any atom is 0.155 e. The molecule has 1 nitrogen and oxygen atoms in total. The van der Waals surface area contributed by atoms with Crippen LogP contribution < -0.4 is 0 Å². The molecule has 0 N–H and O–H groups in total. The van der Waals surface area contributed by atoms with E-state index in [1.165, 1.54) is 49.7 Å². The normalized spacial score (nSPS) is 42.8. The fourth-order valence-electron chi connectivity index (χ4n) is 8.56. The summed E-state index contributed by atoms with van der Waals surface area (Å²) in [6.45, 7) is 16.3. The molecule has 4 rings (SSSR count). The van der Waals surface area contributed by atoms with Gasteiger partial charge in [0.15, 0.2) is 5.78 Å². The molecule has 1 heteroatoms. The highest BCUT2D eigenvalue weighted by molar-refractivity contribution is 5.91. The molecule has 0 spiro atoms. The van der Waals surface area contributed by atoms with Gasteiger partial charge in [-0.1, -0.05) is 57.6 Å². The molecular formula is C29H44O. The van der Waals surface area contributed by atoms with Gasteiger partial charge < -0.3 is 0 Å². The summed E-state index contributed by atoms with van der Waals surface area (Å²) in [5, 5.41) is 0. The average Bonchev–Trinajstić information content (AvgIpc) is 3.06. The average molecular weight is 409 g/mol. The zero-order valence-electron chi connectivity index (χ0n) is 20.2. The lowest BCUT2D eigenvalue weighted by Crippen LogP contribution is -2.50. The van der Waals surface area contributed by atoms with Crippen LogP contribution in [-0.4, -0.2) is 5.78 Å². The van der Waals surface area contributed by atoms with Gasteiger partial charge in [0.05, 0.1) is 0 Å². The first-order chi connectivity index (χ1) is 14.2. The summed E-state index contributed by atoms with van der Waals surface area (Å²) in [7, 11) is 0. The van der Waals surface area contributed by atoms with Crippen LogP contribution in [0.15, 0.2) is 36.0 Å². The lowest BCUT2D eigenvalue weighted by Gasteiger charge is -2.58. The van der Waals surface area contributed by atoms with E-state index in [0.717, 1.165) is 42.9 Å². The van der Waals surface area contributed by atoms with Crippen LogP contribution in [-0.2, 0) is 4.79 Å². The Morgan fingerprint density at radius 3 is 2.60 bits per heavy atom. The molecule has 0 amide bonds. The van der Waals surface area contributed by atoms with Gasteiger partial charge in [-0.15, -0.1) is 0 Å². The van der Waals surface area contributed by atoms with E-state index in [9.17, 15) is 4.79 Å². The first-order valence-electron chi connectivity index (χ1n) is 12.8. The van der Waals surface area contributed by atoms with Gasteiger partial charge >= 0.3 is 0 Å². The maximum atomic E-state index is 12.1. The summed E-state index contributed by atoms with van der Waals surface area (Å²) in [6.07, 6.45) is 18.1. The van der Waals surface area contributed by atoms with Crippen molar-refractivity contribution in [1.29, 1.82) is 0 Å². The van der Waals surface area contributed by atoms with Gasteiger partial charge in [0.2, 0.25) is 0 Å². The van der Waals surface area contributed by atoms with E-state index in [1.54, 1.807) is 0 Å². The molecule has 0 radical (unpaired) electrons. The van der Waals surface area contributed by atoms with Crippen LogP contribution in [0, 0.1) is 46.3 Å². The van der Waals surface area contributed by atoms with Crippen LogP contribution in [0.3, 0.4) is 0 Å². The highest BCUT2D eigenvalue weighted by Gasteiger charge is 2.59. The third kappa shape index (κ3) is 3.49. The molecule has 166 valence electrons. The first-order valence-corrected chi connectivity index (χ1v) is 12.8. The Morgan fingerprint density at radius 2 is 1.90 bits per heavy atom. The van der Waals surface area contributed by atoms with Gasteiger partial charge in [-0.2, -0.15) is 0 Å². The van der Waals surface area contributed by atoms with Crippen LogP contribution >= 0.6 is 0 Å². The number of rotatable bonds is 5. The van der Waals surface area contributed by atoms with Crippen LogP contribution in [0.1, 0.15) is 92.4 Å². The topological polar surface area (TPSA) is 17.1 Å². The van der Waals surface area contributed by atoms with E-state index in [0.29, 0.717) is 28.4 Å². The SMILES string of the molecule is C=C(C)[C@@H](/C=C/[C@@H](C)[C@H]1CC[C@H]2[C@@H]3CCC4=CC(=O)CC[C@]4(C)[C@H]3CC[C@]12C)CC. The van der Waals surface area contributed by atoms with Gasteiger partial charge in [-0.25, -0.2) is 0 Å². The van der Waals surface area contributed by atoms with E-state index in [-0.39, 0.29) is 0 Å². The molecule has 4 aliphatic rings. The number of hydrogen-bond acceptors (Lipinski definition) is 1. The Balaban J connectivity index is 1.53. The molecule has 0 heterocycles. The zero-order valence-corrected chi connectivity index (χ0v) is 20.2. The van der Waals surface area contributed by atoms with Crippen molar-refractivity contribution in [2.75, 3.05) is 0 Å². The largest absolute Gasteiger partial charge is 0.295 e.